The van der Waals surface area contributed by atoms with Crippen LogP contribution in [0.25, 0.3) is 5.69 Å². The van der Waals surface area contributed by atoms with Crippen molar-refractivity contribution in [1.29, 1.82) is 0 Å². The Hall–Kier alpha value is -2.15. The molecule has 0 aliphatic rings. The summed E-state index contributed by atoms with van der Waals surface area (Å²) in [5.41, 5.74) is -0.841. The van der Waals surface area contributed by atoms with Gasteiger partial charge in [-0.05, 0) is 24.3 Å². The third kappa shape index (κ3) is 2.82. The van der Waals surface area contributed by atoms with Crippen LogP contribution in [-0.2, 0) is 11.2 Å². The van der Waals surface area contributed by atoms with E-state index in [1.807, 2.05) is 0 Å². The van der Waals surface area contributed by atoms with Gasteiger partial charge in [-0.3, -0.25) is 9.59 Å². The van der Waals surface area contributed by atoms with Crippen molar-refractivity contribution in [2.75, 3.05) is 0 Å². The van der Waals surface area contributed by atoms with Gasteiger partial charge in [-0.1, -0.05) is 15.9 Å². The molecule has 0 atom stereocenters. The molecule has 98 valence electrons. The average molecular weight is 325 g/mol. The smallest absolute Gasteiger partial charge is 0.332 e. The second kappa shape index (κ2) is 5.23. The molecule has 1 heterocycles. The molecule has 0 saturated carbocycles. The molecule has 6 nitrogen and oxygen atoms in total. The molecular weight excluding hydrogens is 316 g/mol. The molecule has 0 unspecified atom stereocenters. The normalized spacial score (nSPS) is 10.4. The van der Waals surface area contributed by atoms with Crippen molar-refractivity contribution in [3.8, 4) is 5.69 Å². The molecule has 0 aliphatic heterocycles. The van der Waals surface area contributed by atoms with Crippen molar-refractivity contribution < 1.29 is 9.90 Å². The van der Waals surface area contributed by atoms with Crippen LogP contribution in [0.3, 0.4) is 0 Å². The third-order valence-electron chi connectivity index (χ3n) is 2.48. The molecule has 0 amide bonds. The molecular formula is C12H9BrN2O4. The van der Waals surface area contributed by atoms with Crippen LogP contribution in [0.1, 0.15) is 5.56 Å². The lowest BCUT2D eigenvalue weighted by molar-refractivity contribution is -0.136. The van der Waals surface area contributed by atoms with E-state index in [-0.39, 0.29) is 5.56 Å². The Kier molecular flexibility index (Phi) is 3.66. The topological polar surface area (TPSA) is 92.2 Å². The van der Waals surface area contributed by atoms with Gasteiger partial charge in [0.25, 0.3) is 5.56 Å². The van der Waals surface area contributed by atoms with Crippen LogP contribution in [0, 0.1) is 0 Å². The number of aromatic nitrogens is 2. The zero-order valence-corrected chi connectivity index (χ0v) is 11.2. The minimum atomic E-state index is -1.13. The Balaban J connectivity index is 2.63. The van der Waals surface area contributed by atoms with Crippen molar-refractivity contribution in [3.63, 3.8) is 0 Å². The van der Waals surface area contributed by atoms with Crippen LogP contribution < -0.4 is 11.2 Å². The van der Waals surface area contributed by atoms with E-state index in [1.165, 1.54) is 0 Å². The molecule has 7 heteroatoms. The predicted octanol–water partition coefficient (Wildman–Crippen LogP) is 0.915. The largest absolute Gasteiger partial charge is 0.481 e. The number of benzene rings is 1. The highest BCUT2D eigenvalue weighted by atomic mass is 79.9. The van der Waals surface area contributed by atoms with Crippen LogP contribution in [0.15, 0.2) is 44.5 Å². The lowest BCUT2D eigenvalue weighted by atomic mass is 10.2. The van der Waals surface area contributed by atoms with Gasteiger partial charge in [-0.15, -0.1) is 0 Å². The Labute approximate surface area is 115 Å². The van der Waals surface area contributed by atoms with E-state index < -0.39 is 23.6 Å². The van der Waals surface area contributed by atoms with Gasteiger partial charge < -0.3 is 10.1 Å². The number of aliphatic carboxylic acids is 1. The summed E-state index contributed by atoms with van der Waals surface area (Å²) in [6.07, 6.45) is 0.695. The zero-order chi connectivity index (χ0) is 14.0. The van der Waals surface area contributed by atoms with E-state index in [1.54, 1.807) is 24.3 Å². The lowest BCUT2D eigenvalue weighted by Gasteiger charge is -2.06. The van der Waals surface area contributed by atoms with Crippen molar-refractivity contribution in [1.82, 2.24) is 9.55 Å². The van der Waals surface area contributed by atoms with Gasteiger partial charge in [-0.2, -0.15) is 0 Å². The first-order valence-corrected chi connectivity index (χ1v) is 6.09. The van der Waals surface area contributed by atoms with Crippen LogP contribution >= 0.6 is 15.9 Å². The summed E-state index contributed by atoms with van der Waals surface area (Å²) in [6, 6.07) is 6.55. The quantitative estimate of drug-likeness (QED) is 0.878. The number of halogens is 1. The van der Waals surface area contributed by atoms with Gasteiger partial charge in [0, 0.05) is 16.2 Å². The summed E-state index contributed by atoms with van der Waals surface area (Å²) in [5, 5.41) is 8.71. The maximum absolute atomic E-state index is 12.1. The zero-order valence-electron chi connectivity index (χ0n) is 9.59. The van der Waals surface area contributed by atoms with Gasteiger partial charge in [0.2, 0.25) is 0 Å². The SMILES string of the molecule is O=C(O)Cc1c[nH]c(=O)n(-c2ccc(Br)cc2)c1=O. The first-order chi connectivity index (χ1) is 8.99. The Bertz CT molecular complexity index is 731. The maximum atomic E-state index is 12.1. The number of H-pyrrole nitrogens is 1. The summed E-state index contributed by atoms with van der Waals surface area (Å²) in [4.78, 5) is 36.8. The van der Waals surface area contributed by atoms with Gasteiger partial charge >= 0.3 is 11.7 Å². The molecule has 2 N–H and O–H groups in total. The Morgan fingerprint density at radius 3 is 2.47 bits per heavy atom. The van der Waals surface area contributed by atoms with E-state index in [0.29, 0.717) is 5.69 Å². The Morgan fingerprint density at radius 2 is 1.89 bits per heavy atom. The second-order valence-corrected chi connectivity index (χ2v) is 4.72. The van der Waals surface area contributed by atoms with Crippen molar-refractivity contribution in [3.05, 3.63) is 61.3 Å². The molecule has 0 saturated heterocycles. The number of aromatic amines is 1. The lowest BCUT2D eigenvalue weighted by Crippen LogP contribution is -2.36. The molecule has 0 spiro atoms. The third-order valence-corrected chi connectivity index (χ3v) is 3.01. The summed E-state index contributed by atoms with van der Waals surface area (Å²) >= 11 is 3.25. The Morgan fingerprint density at radius 1 is 1.26 bits per heavy atom. The monoisotopic (exact) mass is 324 g/mol. The number of nitrogens with zero attached hydrogens (tertiary/aromatic N) is 1. The fourth-order valence-electron chi connectivity index (χ4n) is 1.63. The molecule has 2 aromatic rings. The fraction of sp³-hybridized carbons (Fsp3) is 0.0833. The number of nitrogens with one attached hydrogen (secondary N) is 1. The number of hydrogen-bond donors (Lipinski definition) is 2. The van der Waals surface area contributed by atoms with Crippen LogP contribution in [0.2, 0.25) is 0 Å². The van der Waals surface area contributed by atoms with Crippen LogP contribution in [0.5, 0.6) is 0 Å². The van der Waals surface area contributed by atoms with E-state index >= 15 is 0 Å². The van der Waals surface area contributed by atoms with Crippen molar-refractivity contribution in [2.45, 2.75) is 6.42 Å². The number of rotatable bonds is 3. The van der Waals surface area contributed by atoms with Gasteiger partial charge in [0.1, 0.15) is 0 Å². The number of carboxylic acid groups (broad SMARTS) is 1. The summed E-state index contributed by atoms with van der Waals surface area (Å²) in [7, 11) is 0. The average Bonchev–Trinajstić information content (AvgIpc) is 2.35. The molecule has 1 aromatic heterocycles. The van der Waals surface area contributed by atoms with E-state index in [4.69, 9.17) is 5.11 Å². The second-order valence-electron chi connectivity index (χ2n) is 3.81. The van der Waals surface area contributed by atoms with E-state index in [2.05, 4.69) is 20.9 Å². The van der Waals surface area contributed by atoms with Crippen LogP contribution in [0.4, 0.5) is 0 Å². The molecule has 0 aliphatic carbocycles. The minimum absolute atomic E-state index is 0.0232. The summed E-state index contributed by atoms with van der Waals surface area (Å²) in [5.74, 6) is -1.13. The standard InChI is InChI=1S/C12H9BrN2O4/c13-8-1-3-9(4-2-8)15-11(18)7(5-10(16)17)6-14-12(15)19/h1-4,6H,5H2,(H,14,19)(H,16,17). The molecule has 2 rings (SSSR count). The van der Waals surface area contributed by atoms with Gasteiger partial charge in [0.15, 0.2) is 0 Å². The summed E-state index contributed by atoms with van der Waals surface area (Å²) in [6.45, 7) is 0. The highest BCUT2D eigenvalue weighted by molar-refractivity contribution is 9.10. The molecule has 0 fully saturated rings. The molecule has 0 bridgehead atoms. The van der Waals surface area contributed by atoms with Gasteiger partial charge in [0.05, 0.1) is 12.1 Å². The highest BCUT2D eigenvalue weighted by Crippen LogP contribution is 2.11. The number of carboxylic acids is 1. The number of carbonyl (C=O) groups is 1. The minimum Gasteiger partial charge on any atom is -0.481 e. The first-order valence-electron chi connectivity index (χ1n) is 5.30. The fourth-order valence-corrected chi connectivity index (χ4v) is 1.89. The highest BCUT2D eigenvalue weighted by Gasteiger charge is 2.11. The summed E-state index contributed by atoms with van der Waals surface area (Å²) < 4.78 is 1.72. The van der Waals surface area contributed by atoms with Gasteiger partial charge in [-0.25, -0.2) is 9.36 Å². The molecule has 19 heavy (non-hydrogen) atoms. The first kappa shape index (κ1) is 13.3. The predicted molar refractivity (Wildman–Crippen MR) is 71.7 cm³/mol. The number of hydrogen-bond acceptors (Lipinski definition) is 3. The van der Waals surface area contributed by atoms with Crippen LogP contribution in [-0.4, -0.2) is 20.6 Å². The van der Waals surface area contributed by atoms with E-state index in [0.717, 1.165) is 15.2 Å². The van der Waals surface area contributed by atoms with Crippen molar-refractivity contribution in [2.24, 2.45) is 0 Å². The van der Waals surface area contributed by atoms with E-state index in [9.17, 15) is 14.4 Å². The molecule has 1 aromatic carbocycles. The van der Waals surface area contributed by atoms with Crippen molar-refractivity contribution >= 4 is 21.9 Å². The maximum Gasteiger partial charge on any atom is 0.332 e. The molecule has 0 radical (unpaired) electrons.